The fourth-order valence-corrected chi connectivity index (χ4v) is 6.33. The summed E-state index contributed by atoms with van der Waals surface area (Å²) in [4.78, 5) is 13.1. The summed E-state index contributed by atoms with van der Waals surface area (Å²) in [5.41, 5.74) is 0.626. The van der Waals surface area contributed by atoms with Crippen LogP contribution in [0, 0.1) is 3.57 Å². The van der Waals surface area contributed by atoms with Gasteiger partial charge in [-0.1, -0.05) is 18.6 Å². The van der Waals surface area contributed by atoms with Gasteiger partial charge in [-0.2, -0.15) is 4.31 Å². The fraction of sp³-hybridized carbons (Fsp3) is 0.353. The maximum absolute atomic E-state index is 12.7. The standard InChI is InChI=1S/C17H19IN2O3S2/c18-15-7-3-2-6-14(15)17(21)19-12-13-8-9-16(24-13)25(22,23)20-10-4-1-5-11-20/h2-3,6-9H,1,4-5,10-12H2,(H,19,21). The van der Waals surface area contributed by atoms with E-state index in [2.05, 4.69) is 27.9 Å². The van der Waals surface area contributed by atoms with Crippen LogP contribution in [0.2, 0.25) is 0 Å². The smallest absolute Gasteiger partial charge is 0.252 e. The second-order valence-electron chi connectivity index (χ2n) is 5.85. The fourth-order valence-electron chi connectivity index (χ4n) is 2.73. The number of thiophene rings is 1. The summed E-state index contributed by atoms with van der Waals surface area (Å²) in [5, 5.41) is 2.86. The van der Waals surface area contributed by atoms with Gasteiger partial charge >= 0.3 is 0 Å². The lowest BCUT2D eigenvalue weighted by Gasteiger charge is -2.25. The molecule has 0 bridgehead atoms. The van der Waals surface area contributed by atoms with Gasteiger partial charge in [0.15, 0.2) is 0 Å². The Labute approximate surface area is 165 Å². The number of piperidine rings is 1. The van der Waals surface area contributed by atoms with Crippen molar-refractivity contribution in [2.45, 2.75) is 30.0 Å². The molecule has 0 aliphatic carbocycles. The first-order valence-electron chi connectivity index (χ1n) is 8.10. The number of benzene rings is 1. The molecule has 0 radical (unpaired) electrons. The maximum Gasteiger partial charge on any atom is 0.252 e. The van der Waals surface area contributed by atoms with E-state index < -0.39 is 10.0 Å². The summed E-state index contributed by atoms with van der Waals surface area (Å²) in [6.45, 7) is 1.52. The zero-order valence-corrected chi connectivity index (χ0v) is 17.4. The minimum Gasteiger partial charge on any atom is -0.347 e. The normalized spacial score (nSPS) is 15.9. The van der Waals surface area contributed by atoms with Crippen LogP contribution in [-0.4, -0.2) is 31.7 Å². The molecule has 134 valence electrons. The highest BCUT2D eigenvalue weighted by Crippen LogP contribution is 2.27. The van der Waals surface area contributed by atoms with Crippen LogP contribution in [0.15, 0.2) is 40.6 Å². The van der Waals surface area contributed by atoms with Gasteiger partial charge in [-0.3, -0.25) is 4.79 Å². The first kappa shape index (κ1) is 18.8. The quantitative estimate of drug-likeness (QED) is 0.654. The molecule has 2 heterocycles. The zero-order valence-electron chi connectivity index (χ0n) is 13.6. The molecule has 25 heavy (non-hydrogen) atoms. The molecule has 5 nitrogen and oxygen atoms in total. The number of sulfonamides is 1. The van der Waals surface area contributed by atoms with Crippen LogP contribution in [0.5, 0.6) is 0 Å². The molecule has 1 fully saturated rings. The van der Waals surface area contributed by atoms with E-state index in [0.717, 1.165) is 27.7 Å². The Balaban J connectivity index is 1.66. The number of nitrogens with one attached hydrogen (secondary N) is 1. The van der Waals surface area contributed by atoms with Crippen molar-refractivity contribution in [3.63, 3.8) is 0 Å². The number of carbonyl (C=O) groups is 1. The van der Waals surface area contributed by atoms with E-state index in [9.17, 15) is 13.2 Å². The first-order chi connectivity index (χ1) is 12.0. The van der Waals surface area contributed by atoms with Crippen molar-refractivity contribution in [1.29, 1.82) is 0 Å². The highest BCUT2D eigenvalue weighted by atomic mass is 127. The summed E-state index contributed by atoms with van der Waals surface area (Å²) in [6, 6.07) is 10.8. The molecule has 0 saturated carbocycles. The van der Waals surface area contributed by atoms with Gasteiger partial charge in [0.1, 0.15) is 4.21 Å². The van der Waals surface area contributed by atoms with Gasteiger partial charge in [-0.05, 0) is 59.7 Å². The largest absolute Gasteiger partial charge is 0.347 e. The van der Waals surface area contributed by atoms with Gasteiger partial charge in [-0.25, -0.2) is 8.42 Å². The monoisotopic (exact) mass is 490 g/mol. The molecule has 1 amide bonds. The van der Waals surface area contributed by atoms with Crippen LogP contribution in [0.4, 0.5) is 0 Å². The van der Waals surface area contributed by atoms with Crippen molar-refractivity contribution in [2.24, 2.45) is 0 Å². The van der Waals surface area contributed by atoms with E-state index in [1.807, 2.05) is 18.2 Å². The van der Waals surface area contributed by atoms with Crippen molar-refractivity contribution in [2.75, 3.05) is 13.1 Å². The second kappa shape index (κ2) is 8.15. The summed E-state index contributed by atoms with van der Waals surface area (Å²) >= 11 is 3.35. The average molecular weight is 490 g/mol. The maximum atomic E-state index is 12.7. The van der Waals surface area contributed by atoms with E-state index in [0.29, 0.717) is 29.4 Å². The van der Waals surface area contributed by atoms with E-state index >= 15 is 0 Å². The molecule has 1 aliphatic heterocycles. The lowest BCUT2D eigenvalue weighted by atomic mass is 10.2. The Morgan fingerprint density at radius 2 is 1.84 bits per heavy atom. The van der Waals surface area contributed by atoms with Crippen molar-refractivity contribution >= 4 is 49.9 Å². The van der Waals surface area contributed by atoms with Crippen molar-refractivity contribution in [3.8, 4) is 0 Å². The number of carbonyl (C=O) groups excluding carboxylic acids is 1. The minimum atomic E-state index is -3.40. The van der Waals surface area contributed by atoms with Crippen LogP contribution >= 0.6 is 33.9 Å². The molecule has 3 rings (SSSR count). The SMILES string of the molecule is O=C(NCc1ccc(S(=O)(=O)N2CCCCC2)s1)c1ccccc1I. The molecule has 2 aromatic rings. The molecular formula is C17H19IN2O3S2. The van der Waals surface area contributed by atoms with Crippen LogP contribution in [0.1, 0.15) is 34.5 Å². The first-order valence-corrected chi connectivity index (χ1v) is 11.4. The molecule has 1 aromatic carbocycles. The number of amides is 1. The summed E-state index contributed by atoms with van der Waals surface area (Å²) in [5.74, 6) is -0.154. The predicted octanol–water partition coefficient (Wildman–Crippen LogP) is 3.46. The van der Waals surface area contributed by atoms with E-state index in [1.165, 1.54) is 11.3 Å². The van der Waals surface area contributed by atoms with E-state index in [-0.39, 0.29) is 5.91 Å². The van der Waals surface area contributed by atoms with Crippen LogP contribution in [0.25, 0.3) is 0 Å². The molecule has 8 heteroatoms. The summed E-state index contributed by atoms with van der Waals surface area (Å²) in [6.07, 6.45) is 2.93. The van der Waals surface area contributed by atoms with Crippen molar-refractivity contribution in [1.82, 2.24) is 9.62 Å². The molecule has 1 aliphatic rings. The number of hydrogen-bond acceptors (Lipinski definition) is 4. The predicted molar refractivity (Wildman–Crippen MR) is 107 cm³/mol. The third-order valence-electron chi connectivity index (χ3n) is 4.09. The number of halogens is 1. The third-order valence-corrected chi connectivity index (χ3v) is 8.48. The van der Waals surface area contributed by atoms with Crippen molar-refractivity contribution < 1.29 is 13.2 Å². The molecule has 0 unspecified atom stereocenters. The van der Waals surface area contributed by atoms with Gasteiger partial charge in [0, 0.05) is 21.5 Å². The Morgan fingerprint density at radius 3 is 2.56 bits per heavy atom. The highest BCUT2D eigenvalue weighted by Gasteiger charge is 2.27. The topological polar surface area (TPSA) is 66.5 Å². The number of nitrogens with zero attached hydrogens (tertiary/aromatic N) is 1. The highest BCUT2D eigenvalue weighted by molar-refractivity contribution is 14.1. The van der Waals surface area contributed by atoms with Gasteiger partial charge in [0.2, 0.25) is 0 Å². The summed E-state index contributed by atoms with van der Waals surface area (Å²) in [7, 11) is -3.40. The lowest BCUT2D eigenvalue weighted by molar-refractivity contribution is 0.0950. The molecule has 1 N–H and O–H groups in total. The Kier molecular flexibility index (Phi) is 6.13. The minimum absolute atomic E-state index is 0.154. The Morgan fingerprint density at radius 1 is 1.12 bits per heavy atom. The Bertz CT molecular complexity index is 858. The Hall–Kier alpha value is -0.970. The molecular weight excluding hydrogens is 471 g/mol. The lowest BCUT2D eigenvalue weighted by Crippen LogP contribution is -2.35. The zero-order chi connectivity index (χ0) is 17.9. The van der Waals surface area contributed by atoms with Gasteiger partial charge < -0.3 is 5.32 Å². The second-order valence-corrected chi connectivity index (χ2v) is 10.3. The van der Waals surface area contributed by atoms with Gasteiger partial charge in [-0.15, -0.1) is 11.3 Å². The summed E-state index contributed by atoms with van der Waals surface area (Å²) < 4.78 is 28.1. The third kappa shape index (κ3) is 4.42. The van der Waals surface area contributed by atoms with Gasteiger partial charge in [0.05, 0.1) is 12.1 Å². The van der Waals surface area contributed by atoms with Gasteiger partial charge in [0.25, 0.3) is 15.9 Å². The average Bonchev–Trinajstić information content (AvgIpc) is 3.11. The van der Waals surface area contributed by atoms with Crippen LogP contribution in [-0.2, 0) is 16.6 Å². The molecule has 1 saturated heterocycles. The molecule has 0 spiro atoms. The van der Waals surface area contributed by atoms with E-state index in [4.69, 9.17) is 0 Å². The number of hydrogen-bond donors (Lipinski definition) is 1. The molecule has 0 atom stereocenters. The van der Waals surface area contributed by atoms with Crippen LogP contribution < -0.4 is 5.32 Å². The van der Waals surface area contributed by atoms with E-state index in [1.54, 1.807) is 22.5 Å². The van der Waals surface area contributed by atoms with Crippen LogP contribution in [0.3, 0.4) is 0 Å². The number of rotatable bonds is 5. The molecule has 1 aromatic heterocycles. The van der Waals surface area contributed by atoms with Crippen molar-refractivity contribution in [3.05, 3.63) is 50.4 Å².